The number of hydrogen-bond donors (Lipinski definition) is 0. The van der Waals surface area contributed by atoms with Crippen molar-refractivity contribution in [1.29, 1.82) is 0 Å². The van der Waals surface area contributed by atoms with E-state index in [1.165, 1.54) is 18.3 Å². The Bertz CT molecular complexity index is 468. The van der Waals surface area contributed by atoms with Crippen molar-refractivity contribution in [1.82, 2.24) is 4.98 Å². The van der Waals surface area contributed by atoms with Crippen LogP contribution in [-0.4, -0.2) is 4.98 Å². The minimum atomic E-state index is -0.602. The quantitative estimate of drug-likeness (QED) is 0.766. The smallest absolute Gasteiger partial charge is 0.264 e. The van der Waals surface area contributed by atoms with Gasteiger partial charge in [0.05, 0.1) is 5.56 Å². The first-order chi connectivity index (χ1) is 7.18. The maximum atomic E-state index is 13.5. The van der Waals surface area contributed by atoms with Crippen molar-refractivity contribution >= 4 is 15.9 Å². The molecule has 0 saturated carbocycles. The normalized spacial score (nSPS) is 10.3. The highest BCUT2D eigenvalue weighted by Crippen LogP contribution is 2.28. The molecule has 2 aromatic rings. The summed E-state index contributed by atoms with van der Waals surface area (Å²) in [6.45, 7) is 0. The number of aromatic nitrogens is 1. The summed E-state index contributed by atoms with van der Waals surface area (Å²) < 4.78 is 27.4. The largest absolute Gasteiger partial charge is 1.00 e. The first kappa shape index (κ1) is 10.2. The predicted molar refractivity (Wildman–Crippen MR) is 58.4 cm³/mol. The Balaban J connectivity index is 0.00000128. The molecule has 2 rings (SSSR count). The number of nitrogens with zero attached hydrogens (tertiary/aromatic N) is 1. The molecule has 0 aliphatic heterocycles. The lowest BCUT2D eigenvalue weighted by Crippen LogP contribution is -1.90. The van der Waals surface area contributed by atoms with Crippen molar-refractivity contribution in [2.45, 2.75) is 0 Å². The third-order valence-electron chi connectivity index (χ3n) is 1.96. The van der Waals surface area contributed by atoms with E-state index in [-0.39, 0.29) is 6.99 Å². The lowest BCUT2D eigenvalue weighted by Gasteiger charge is -2.04. The average molecular weight is 271 g/mol. The average Bonchev–Trinajstić information content (AvgIpc) is 2.17. The number of pyridine rings is 1. The van der Waals surface area contributed by atoms with Crippen LogP contribution in [0.5, 0.6) is 0 Å². The van der Waals surface area contributed by atoms with Crippen molar-refractivity contribution in [3.8, 4) is 11.1 Å². The van der Waals surface area contributed by atoms with Crippen LogP contribution in [0.25, 0.3) is 11.1 Å². The summed E-state index contributed by atoms with van der Waals surface area (Å²) in [6, 6.07) is 5.70. The highest BCUT2D eigenvalue weighted by molar-refractivity contribution is 9.10. The van der Waals surface area contributed by atoms with Crippen LogP contribution in [-0.2, 0) is 0 Å². The number of halogens is 3. The molecule has 0 amide bonds. The number of rotatable bonds is 1. The highest BCUT2D eigenvalue weighted by atomic mass is 79.9. The van der Waals surface area contributed by atoms with Gasteiger partial charge in [-0.05, 0) is 18.2 Å². The Morgan fingerprint density at radius 1 is 1.20 bits per heavy atom. The maximum Gasteiger partial charge on any atom is 1.00 e. The van der Waals surface area contributed by atoms with Crippen LogP contribution in [0.3, 0.4) is 0 Å². The summed E-state index contributed by atoms with van der Waals surface area (Å²) in [7, 11) is 0. The molecular formula is C11H7BrF2N+. The topological polar surface area (TPSA) is 12.9 Å². The molecule has 15 heavy (non-hydrogen) atoms. The van der Waals surface area contributed by atoms with Gasteiger partial charge in [0.2, 0.25) is 0 Å². The summed E-state index contributed by atoms with van der Waals surface area (Å²) in [5, 5.41) is 0. The fourth-order valence-corrected chi connectivity index (χ4v) is 1.73. The first-order valence-electron chi connectivity index (χ1n) is 4.23. The van der Waals surface area contributed by atoms with E-state index in [0.29, 0.717) is 10.0 Å². The summed E-state index contributed by atoms with van der Waals surface area (Å²) in [5.74, 6) is -1.20. The summed E-state index contributed by atoms with van der Waals surface area (Å²) in [6.07, 6.45) is 2.98. The third kappa shape index (κ3) is 2.04. The molecule has 0 radical (unpaired) electrons. The van der Waals surface area contributed by atoms with Gasteiger partial charge in [-0.3, -0.25) is 4.98 Å². The minimum absolute atomic E-state index is 0. The zero-order chi connectivity index (χ0) is 10.8. The summed E-state index contributed by atoms with van der Waals surface area (Å²) in [4.78, 5) is 3.82. The van der Waals surface area contributed by atoms with Crippen LogP contribution in [0.15, 0.2) is 41.1 Å². The summed E-state index contributed by atoms with van der Waals surface area (Å²) >= 11 is 3.02. The van der Waals surface area contributed by atoms with Gasteiger partial charge in [0.15, 0.2) is 0 Å². The Kier molecular flexibility index (Phi) is 2.77. The van der Waals surface area contributed by atoms with Gasteiger partial charge in [-0.15, -0.1) is 0 Å². The Hall–Kier alpha value is -1.29. The fourth-order valence-electron chi connectivity index (χ4n) is 1.33. The van der Waals surface area contributed by atoms with Crippen LogP contribution in [0.4, 0.5) is 8.78 Å². The van der Waals surface area contributed by atoms with E-state index < -0.39 is 11.6 Å². The molecule has 4 heteroatoms. The van der Waals surface area contributed by atoms with Crippen molar-refractivity contribution in [2.75, 3.05) is 0 Å². The Morgan fingerprint density at radius 2 is 1.87 bits per heavy atom. The molecule has 0 fully saturated rings. The van der Waals surface area contributed by atoms with Gasteiger partial charge in [0.25, 0.3) is 0 Å². The molecule has 1 aromatic carbocycles. The second-order valence-electron chi connectivity index (χ2n) is 2.99. The molecule has 76 valence electrons. The predicted octanol–water partition coefficient (Wildman–Crippen LogP) is 3.90. The molecule has 1 aromatic heterocycles. The van der Waals surface area contributed by atoms with E-state index in [1.807, 2.05) is 0 Å². The van der Waals surface area contributed by atoms with Gasteiger partial charge in [-0.1, -0.05) is 22.0 Å². The minimum Gasteiger partial charge on any atom is -0.264 e. The van der Waals surface area contributed by atoms with E-state index in [4.69, 9.17) is 0 Å². The fraction of sp³-hybridized carbons (Fsp3) is 0. The van der Waals surface area contributed by atoms with E-state index in [1.54, 1.807) is 18.3 Å². The van der Waals surface area contributed by atoms with Crippen LogP contribution in [0, 0.1) is 11.6 Å². The van der Waals surface area contributed by atoms with E-state index in [9.17, 15) is 8.78 Å². The van der Waals surface area contributed by atoms with E-state index in [2.05, 4.69) is 20.9 Å². The molecule has 0 atom stereocenters. The third-order valence-corrected chi connectivity index (χ3v) is 2.41. The van der Waals surface area contributed by atoms with Crippen LogP contribution in [0.2, 0.25) is 0 Å². The van der Waals surface area contributed by atoms with Gasteiger partial charge >= 0.3 is 1.43 Å². The van der Waals surface area contributed by atoms with Gasteiger partial charge < -0.3 is 0 Å². The first-order valence-corrected chi connectivity index (χ1v) is 5.03. The van der Waals surface area contributed by atoms with Crippen molar-refractivity contribution in [2.24, 2.45) is 0 Å². The lowest BCUT2D eigenvalue weighted by atomic mass is 10.1. The van der Waals surface area contributed by atoms with Crippen LogP contribution < -0.4 is 0 Å². The molecule has 0 unspecified atom stereocenters. The number of benzene rings is 1. The van der Waals surface area contributed by atoms with Gasteiger partial charge in [-0.2, -0.15) is 0 Å². The number of hydrogen-bond acceptors (Lipinski definition) is 1. The zero-order valence-electron chi connectivity index (χ0n) is 8.55. The molecule has 0 spiro atoms. The van der Waals surface area contributed by atoms with Gasteiger partial charge in [0.1, 0.15) is 11.6 Å². The van der Waals surface area contributed by atoms with Gasteiger partial charge in [0, 0.05) is 22.4 Å². The summed E-state index contributed by atoms with van der Waals surface area (Å²) in [5.41, 5.74) is 0.381. The Labute approximate surface area is 95.4 Å². The molecular weight excluding hydrogens is 264 g/mol. The van der Waals surface area contributed by atoms with E-state index >= 15 is 0 Å². The van der Waals surface area contributed by atoms with Crippen molar-refractivity contribution in [3.63, 3.8) is 0 Å². The SMILES string of the molecule is Fc1cc(Br)cc(F)c1-c1cccnc1.[H+]. The van der Waals surface area contributed by atoms with Crippen LogP contribution >= 0.6 is 15.9 Å². The molecule has 0 N–H and O–H groups in total. The standard InChI is InChI=1S/C11H6BrF2N/c12-8-4-9(13)11(10(14)5-8)7-2-1-3-15-6-7/h1-6H/p+1. The maximum absolute atomic E-state index is 13.5. The van der Waals surface area contributed by atoms with Crippen molar-refractivity contribution < 1.29 is 10.2 Å². The van der Waals surface area contributed by atoms with Crippen LogP contribution in [0.1, 0.15) is 1.43 Å². The zero-order valence-corrected chi connectivity index (χ0v) is 9.13. The molecule has 0 bridgehead atoms. The second kappa shape index (κ2) is 4.06. The monoisotopic (exact) mass is 270 g/mol. The van der Waals surface area contributed by atoms with Crippen molar-refractivity contribution in [3.05, 3.63) is 52.8 Å². The molecule has 1 heterocycles. The lowest BCUT2D eigenvalue weighted by molar-refractivity contribution is 0.588. The molecule has 1 nitrogen and oxygen atoms in total. The highest BCUT2D eigenvalue weighted by Gasteiger charge is 2.12. The second-order valence-corrected chi connectivity index (χ2v) is 3.90. The Morgan fingerprint density at radius 3 is 2.40 bits per heavy atom. The molecule has 0 aliphatic rings. The molecule has 0 saturated heterocycles. The van der Waals surface area contributed by atoms with E-state index in [0.717, 1.165) is 0 Å². The molecule has 0 aliphatic carbocycles. The van der Waals surface area contributed by atoms with Gasteiger partial charge in [-0.25, -0.2) is 8.78 Å².